The number of aromatic nitrogens is 1. The minimum Gasteiger partial charge on any atom is -0.322 e. The number of nitrogens with zero attached hydrogens (tertiary/aromatic N) is 1. The molecule has 0 aliphatic carbocycles. The maximum Gasteiger partial charge on any atom is 0.418 e. The molecule has 0 aliphatic heterocycles. The van der Waals surface area contributed by atoms with E-state index in [2.05, 4.69) is 10.3 Å². The maximum atomic E-state index is 14.5. The number of halogens is 5. The maximum absolute atomic E-state index is 14.5. The fraction of sp³-hybridized carbons (Fsp3) is 0.0526. The Morgan fingerprint density at radius 2 is 1.74 bits per heavy atom. The van der Waals surface area contributed by atoms with E-state index in [1.54, 1.807) is 24.3 Å². The first-order valence-corrected chi connectivity index (χ1v) is 8.02. The summed E-state index contributed by atoms with van der Waals surface area (Å²) >= 11 is 5.76. The van der Waals surface area contributed by atoms with Gasteiger partial charge in [-0.25, -0.2) is 4.39 Å². The normalized spacial score (nSPS) is 11.3. The van der Waals surface area contributed by atoms with Gasteiger partial charge in [0.1, 0.15) is 5.82 Å². The molecule has 8 heteroatoms. The van der Waals surface area contributed by atoms with Crippen molar-refractivity contribution in [3.05, 3.63) is 82.8 Å². The largest absolute Gasteiger partial charge is 0.418 e. The van der Waals surface area contributed by atoms with Gasteiger partial charge in [-0.3, -0.25) is 9.78 Å². The van der Waals surface area contributed by atoms with Crippen LogP contribution in [0.4, 0.5) is 23.2 Å². The molecule has 1 aromatic heterocycles. The molecular formula is C19H11ClF4N2O. The van der Waals surface area contributed by atoms with E-state index in [9.17, 15) is 22.4 Å². The summed E-state index contributed by atoms with van der Waals surface area (Å²) in [4.78, 5) is 15.9. The lowest BCUT2D eigenvalue weighted by molar-refractivity contribution is -0.137. The van der Waals surface area contributed by atoms with Crippen molar-refractivity contribution in [2.45, 2.75) is 6.18 Å². The molecule has 0 bridgehead atoms. The molecule has 0 unspecified atom stereocenters. The Balaban J connectivity index is 1.91. The first kappa shape index (κ1) is 18.8. The van der Waals surface area contributed by atoms with Crippen LogP contribution < -0.4 is 5.32 Å². The number of carbonyl (C=O) groups excluding carboxylic acids is 1. The highest BCUT2D eigenvalue weighted by Crippen LogP contribution is 2.36. The van der Waals surface area contributed by atoms with E-state index in [-0.39, 0.29) is 11.1 Å². The fourth-order valence-corrected chi connectivity index (χ4v) is 2.56. The van der Waals surface area contributed by atoms with Crippen molar-refractivity contribution in [3.63, 3.8) is 0 Å². The van der Waals surface area contributed by atoms with Crippen LogP contribution in [-0.4, -0.2) is 10.9 Å². The third kappa shape index (κ3) is 4.25. The number of hydrogen-bond donors (Lipinski definition) is 1. The summed E-state index contributed by atoms with van der Waals surface area (Å²) in [6.07, 6.45) is -3.54. The molecule has 3 nitrogen and oxygen atoms in total. The molecule has 2 aromatic carbocycles. The summed E-state index contributed by atoms with van der Waals surface area (Å²) in [5.74, 6) is -1.59. The lowest BCUT2D eigenvalue weighted by Gasteiger charge is -2.13. The van der Waals surface area contributed by atoms with E-state index in [4.69, 9.17) is 11.6 Å². The molecule has 0 spiro atoms. The van der Waals surface area contributed by atoms with Crippen LogP contribution in [0, 0.1) is 5.82 Å². The van der Waals surface area contributed by atoms with Crippen molar-refractivity contribution in [1.82, 2.24) is 4.98 Å². The Kier molecular flexibility index (Phi) is 5.14. The number of hydrogen-bond acceptors (Lipinski definition) is 2. The Labute approximate surface area is 156 Å². The van der Waals surface area contributed by atoms with Crippen LogP contribution in [0.15, 0.2) is 60.8 Å². The second-order valence-electron chi connectivity index (χ2n) is 5.55. The topological polar surface area (TPSA) is 42.0 Å². The Bertz CT molecular complexity index is 988. The number of anilines is 1. The summed E-state index contributed by atoms with van der Waals surface area (Å²) in [6, 6.07) is 11.4. The van der Waals surface area contributed by atoms with Crippen molar-refractivity contribution in [3.8, 4) is 11.3 Å². The smallest absolute Gasteiger partial charge is 0.322 e. The van der Waals surface area contributed by atoms with Crippen molar-refractivity contribution in [1.29, 1.82) is 0 Å². The van der Waals surface area contributed by atoms with Crippen molar-refractivity contribution in [2.75, 3.05) is 5.32 Å². The zero-order valence-corrected chi connectivity index (χ0v) is 14.3. The molecular weight excluding hydrogens is 384 g/mol. The monoisotopic (exact) mass is 394 g/mol. The highest BCUT2D eigenvalue weighted by molar-refractivity contribution is 6.30. The summed E-state index contributed by atoms with van der Waals surface area (Å²) < 4.78 is 53.8. The predicted molar refractivity (Wildman–Crippen MR) is 94.0 cm³/mol. The van der Waals surface area contributed by atoms with Gasteiger partial charge in [0.25, 0.3) is 5.91 Å². The number of alkyl halides is 3. The average molecular weight is 395 g/mol. The highest BCUT2D eigenvalue weighted by atomic mass is 35.5. The number of nitrogens with one attached hydrogen (secondary N) is 1. The molecule has 0 saturated carbocycles. The van der Waals surface area contributed by atoms with Gasteiger partial charge in [-0.1, -0.05) is 11.6 Å². The number of carbonyl (C=O) groups is 1. The SMILES string of the molecule is O=C(Nc1ccc(Cl)cc1)c1ccc(-c2ncccc2C(F)(F)F)c(F)c1. The van der Waals surface area contributed by atoms with Crippen LogP contribution in [0.2, 0.25) is 5.02 Å². The summed E-state index contributed by atoms with van der Waals surface area (Å²) in [5, 5.41) is 3.03. The molecule has 3 aromatic rings. The highest BCUT2D eigenvalue weighted by Gasteiger charge is 2.34. The van der Waals surface area contributed by atoms with Crippen molar-refractivity contribution >= 4 is 23.2 Å². The number of amides is 1. The summed E-state index contributed by atoms with van der Waals surface area (Å²) in [6.45, 7) is 0. The van der Waals surface area contributed by atoms with Crippen LogP contribution in [0.25, 0.3) is 11.3 Å². The molecule has 0 fully saturated rings. The predicted octanol–water partition coefficient (Wildman–Crippen LogP) is 5.81. The first-order valence-electron chi connectivity index (χ1n) is 7.65. The minimum atomic E-state index is -4.68. The number of rotatable bonds is 3. The Morgan fingerprint density at radius 1 is 1.04 bits per heavy atom. The molecule has 27 heavy (non-hydrogen) atoms. The van der Waals surface area contributed by atoms with Crippen LogP contribution in [0.1, 0.15) is 15.9 Å². The van der Waals surface area contributed by atoms with Crippen LogP contribution >= 0.6 is 11.6 Å². The van der Waals surface area contributed by atoms with Gasteiger partial charge in [-0.2, -0.15) is 13.2 Å². The van der Waals surface area contributed by atoms with Crippen molar-refractivity contribution in [2.24, 2.45) is 0 Å². The van der Waals surface area contributed by atoms with E-state index < -0.39 is 29.2 Å². The van der Waals surface area contributed by atoms with E-state index in [1.807, 2.05) is 0 Å². The molecule has 0 atom stereocenters. The molecule has 3 rings (SSSR count). The van der Waals surface area contributed by atoms with Gasteiger partial charge in [0, 0.05) is 28.0 Å². The quantitative estimate of drug-likeness (QED) is 0.569. The second kappa shape index (κ2) is 7.36. The molecule has 1 N–H and O–H groups in total. The van der Waals surface area contributed by atoms with Crippen LogP contribution in [0.5, 0.6) is 0 Å². The summed E-state index contributed by atoms with van der Waals surface area (Å²) in [7, 11) is 0. The van der Waals surface area contributed by atoms with Gasteiger partial charge < -0.3 is 5.32 Å². The fourth-order valence-electron chi connectivity index (χ4n) is 2.43. The summed E-state index contributed by atoms with van der Waals surface area (Å²) in [5.41, 5.74) is -1.53. The third-order valence-corrected chi connectivity index (χ3v) is 3.95. The van der Waals surface area contributed by atoms with E-state index in [1.165, 1.54) is 6.07 Å². The molecule has 1 amide bonds. The van der Waals surface area contributed by atoms with Gasteiger partial charge in [0.15, 0.2) is 0 Å². The van der Waals surface area contributed by atoms with Gasteiger partial charge in [-0.05, 0) is 54.6 Å². The van der Waals surface area contributed by atoms with Crippen LogP contribution in [0.3, 0.4) is 0 Å². The second-order valence-corrected chi connectivity index (χ2v) is 5.99. The Morgan fingerprint density at radius 3 is 2.37 bits per heavy atom. The van der Waals surface area contributed by atoms with Gasteiger partial charge >= 0.3 is 6.18 Å². The third-order valence-electron chi connectivity index (χ3n) is 3.70. The zero-order chi connectivity index (χ0) is 19.6. The lowest BCUT2D eigenvalue weighted by atomic mass is 10.0. The van der Waals surface area contributed by atoms with Gasteiger partial charge in [-0.15, -0.1) is 0 Å². The van der Waals surface area contributed by atoms with Crippen LogP contribution in [-0.2, 0) is 6.18 Å². The number of pyridine rings is 1. The average Bonchev–Trinajstić information content (AvgIpc) is 2.63. The zero-order valence-electron chi connectivity index (χ0n) is 13.5. The molecule has 138 valence electrons. The Hall–Kier alpha value is -2.93. The molecule has 0 saturated heterocycles. The molecule has 0 radical (unpaired) electrons. The molecule has 1 heterocycles. The van der Waals surface area contributed by atoms with E-state index in [0.29, 0.717) is 10.7 Å². The van der Waals surface area contributed by atoms with E-state index in [0.717, 1.165) is 30.5 Å². The first-order chi connectivity index (χ1) is 12.8. The minimum absolute atomic E-state index is 0.0457. The van der Waals surface area contributed by atoms with E-state index >= 15 is 0 Å². The van der Waals surface area contributed by atoms with Gasteiger partial charge in [0.05, 0.1) is 11.3 Å². The standard InChI is InChI=1S/C19H11ClF4N2O/c20-12-4-6-13(7-5-12)26-18(27)11-3-8-14(16(21)10-11)17-15(19(22,23)24)2-1-9-25-17/h1-10H,(H,26,27). The number of benzene rings is 2. The molecule has 0 aliphatic rings. The van der Waals surface area contributed by atoms with Gasteiger partial charge in [0.2, 0.25) is 0 Å². The van der Waals surface area contributed by atoms with Crippen molar-refractivity contribution < 1.29 is 22.4 Å². The lowest BCUT2D eigenvalue weighted by Crippen LogP contribution is -2.13.